The number of hydrogen-bond donors (Lipinski definition) is 1. The average molecular weight is 369 g/mol. The fourth-order valence-electron chi connectivity index (χ4n) is 3.13. The normalized spacial score (nSPS) is 14.8. The Kier molecular flexibility index (Phi) is 3.60. The molecule has 0 bridgehead atoms. The Morgan fingerprint density at radius 2 is 1.65 bits per heavy atom. The summed E-state index contributed by atoms with van der Waals surface area (Å²) in [6.07, 6.45) is -3.86. The number of nitrogens with one attached hydrogen (secondary N) is 1. The third-order valence-corrected chi connectivity index (χ3v) is 4.22. The molecule has 2 aromatic heterocycles. The largest absolute Gasteiger partial charge is 0.453 e. The lowest BCUT2D eigenvalue weighted by molar-refractivity contribution is -0.144. The molecule has 3 aromatic rings. The molecule has 0 atom stereocenters. The lowest BCUT2D eigenvalue weighted by Gasteiger charge is -2.14. The van der Waals surface area contributed by atoms with Gasteiger partial charge in [0.25, 0.3) is 11.6 Å². The van der Waals surface area contributed by atoms with Crippen LogP contribution in [0.15, 0.2) is 18.2 Å². The molecule has 0 saturated heterocycles. The van der Waals surface area contributed by atoms with Gasteiger partial charge in [-0.05, 0) is 43.0 Å². The van der Waals surface area contributed by atoms with Crippen LogP contribution in [0.3, 0.4) is 0 Å². The zero-order chi connectivity index (χ0) is 18.6. The maximum Gasteiger partial charge on any atom is 0.453 e. The molecule has 0 unspecified atom stereocenters. The molecule has 1 N–H and O–H groups in total. The summed E-state index contributed by atoms with van der Waals surface area (Å²) in [5.41, 5.74) is 1.80. The van der Waals surface area contributed by atoms with Crippen LogP contribution < -0.4 is 5.32 Å². The Morgan fingerprint density at radius 3 is 2.23 bits per heavy atom. The third-order valence-electron chi connectivity index (χ3n) is 4.22. The zero-order valence-electron chi connectivity index (χ0n) is 13.4. The molecule has 0 saturated carbocycles. The number of aromatic nitrogens is 4. The van der Waals surface area contributed by atoms with Crippen molar-refractivity contribution in [2.24, 2.45) is 0 Å². The summed E-state index contributed by atoms with van der Waals surface area (Å²) in [6, 6.07) is 3.61. The predicted octanol–water partition coefficient (Wildman–Crippen LogP) is 3.31. The summed E-state index contributed by atoms with van der Waals surface area (Å²) in [5, 5.41) is 6.56. The lowest BCUT2D eigenvalue weighted by Crippen LogP contribution is -2.22. The Bertz CT molecular complexity index is 979. The monoisotopic (exact) mass is 369 g/mol. The van der Waals surface area contributed by atoms with Crippen LogP contribution in [0.2, 0.25) is 0 Å². The van der Waals surface area contributed by atoms with Gasteiger partial charge in [0, 0.05) is 17.8 Å². The summed E-state index contributed by atoms with van der Waals surface area (Å²) >= 11 is 0. The minimum atomic E-state index is -4.68. The molecule has 4 rings (SSSR count). The molecular weight excluding hydrogens is 357 g/mol. The first-order valence-electron chi connectivity index (χ1n) is 7.75. The first kappa shape index (κ1) is 16.7. The van der Waals surface area contributed by atoms with E-state index in [0.717, 1.165) is 16.6 Å². The van der Waals surface area contributed by atoms with Crippen molar-refractivity contribution in [1.82, 2.24) is 19.6 Å². The van der Waals surface area contributed by atoms with E-state index < -0.39 is 23.6 Å². The average Bonchev–Trinajstić information content (AvgIpc) is 3.11. The van der Waals surface area contributed by atoms with Gasteiger partial charge in [-0.3, -0.25) is 0 Å². The molecule has 1 aliphatic carbocycles. The Morgan fingerprint density at radius 1 is 1.04 bits per heavy atom. The van der Waals surface area contributed by atoms with E-state index >= 15 is 0 Å². The first-order chi connectivity index (χ1) is 12.2. The number of benzene rings is 1. The van der Waals surface area contributed by atoms with E-state index in [2.05, 4.69) is 20.4 Å². The number of nitrogens with zero attached hydrogens (tertiary/aromatic N) is 4. The molecule has 0 spiro atoms. The lowest BCUT2D eigenvalue weighted by atomic mass is 10.1. The van der Waals surface area contributed by atoms with Gasteiger partial charge >= 0.3 is 6.18 Å². The van der Waals surface area contributed by atoms with Gasteiger partial charge in [0.1, 0.15) is 5.82 Å². The molecule has 0 fully saturated rings. The van der Waals surface area contributed by atoms with Crippen molar-refractivity contribution in [3.05, 3.63) is 52.5 Å². The van der Waals surface area contributed by atoms with Crippen LogP contribution in [0.1, 0.15) is 22.6 Å². The van der Waals surface area contributed by atoms with Crippen LogP contribution in [0.5, 0.6) is 0 Å². The smallest absolute Gasteiger partial charge is 0.366 e. The molecule has 0 radical (unpaired) electrons. The van der Waals surface area contributed by atoms with Crippen molar-refractivity contribution >= 4 is 11.6 Å². The molecule has 10 heteroatoms. The van der Waals surface area contributed by atoms with Gasteiger partial charge in [-0.15, -0.1) is 5.10 Å². The summed E-state index contributed by atoms with van der Waals surface area (Å²) < 4.78 is 66.3. The Labute approximate surface area is 143 Å². The van der Waals surface area contributed by atoms with Crippen molar-refractivity contribution in [2.75, 3.05) is 5.32 Å². The van der Waals surface area contributed by atoms with Crippen molar-refractivity contribution in [1.29, 1.82) is 0 Å². The van der Waals surface area contributed by atoms with Crippen molar-refractivity contribution in [2.45, 2.75) is 32.0 Å². The van der Waals surface area contributed by atoms with E-state index in [1.807, 2.05) is 0 Å². The minimum absolute atomic E-state index is 0.174. The third kappa shape index (κ3) is 2.85. The second kappa shape index (κ2) is 5.61. The number of fused-ring (bicyclic) bond motifs is 2. The van der Waals surface area contributed by atoms with Gasteiger partial charge in [-0.1, -0.05) is 0 Å². The van der Waals surface area contributed by atoms with Gasteiger partial charge in [-0.25, -0.2) is 13.8 Å². The second-order valence-electron chi connectivity index (χ2n) is 6.21. The van der Waals surface area contributed by atoms with E-state index in [1.54, 1.807) is 13.0 Å². The zero-order valence-corrected chi connectivity index (χ0v) is 13.4. The molecule has 1 aliphatic rings. The van der Waals surface area contributed by atoms with Gasteiger partial charge in [0.05, 0.1) is 0 Å². The second-order valence-corrected chi connectivity index (χ2v) is 6.21. The number of anilines is 1. The highest BCUT2D eigenvalue weighted by Gasteiger charge is 2.37. The molecule has 26 heavy (non-hydrogen) atoms. The van der Waals surface area contributed by atoms with Crippen molar-refractivity contribution in [3.8, 4) is 0 Å². The highest BCUT2D eigenvalue weighted by atomic mass is 19.4. The fraction of sp³-hybridized carbons (Fsp3) is 0.312. The Balaban J connectivity index is 1.66. The summed E-state index contributed by atoms with van der Waals surface area (Å²) in [4.78, 5) is 7.38. The minimum Gasteiger partial charge on any atom is -0.366 e. The maximum absolute atomic E-state index is 13.4. The van der Waals surface area contributed by atoms with Gasteiger partial charge in [0.2, 0.25) is 0 Å². The number of hydrogen-bond acceptors (Lipinski definition) is 4. The van der Waals surface area contributed by atoms with E-state index in [4.69, 9.17) is 0 Å². The molecule has 0 amide bonds. The van der Waals surface area contributed by atoms with Gasteiger partial charge in [0.15, 0.2) is 11.6 Å². The summed E-state index contributed by atoms with van der Waals surface area (Å²) in [5.74, 6) is -3.01. The van der Waals surface area contributed by atoms with Crippen LogP contribution in [-0.4, -0.2) is 25.6 Å². The van der Waals surface area contributed by atoms with Crippen molar-refractivity contribution < 1.29 is 22.0 Å². The number of aryl methyl sites for hydroxylation is 1. The number of rotatable bonds is 2. The molecule has 5 nitrogen and oxygen atoms in total. The number of alkyl halides is 3. The van der Waals surface area contributed by atoms with Crippen LogP contribution >= 0.6 is 0 Å². The van der Waals surface area contributed by atoms with E-state index in [-0.39, 0.29) is 17.6 Å². The number of halogens is 5. The molecule has 2 heterocycles. The quantitative estimate of drug-likeness (QED) is 0.705. The van der Waals surface area contributed by atoms with Crippen LogP contribution in [-0.2, 0) is 19.0 Å². The fourth-order valence-corrected chi connectivity index (χ4v) is 3.13. The summed E-state index contributed by atoms with van der Waals surface area (Å²) in [6.45, 7) is 1.63. The van der Waals surface area contributed by atoms with Gasteiger partial charge < -0.3 is 5.32 Å². The molecule has 136 valence electrons. The predicted molar refractivity (Wildman–Crippen MR) is 81.7 cm³/mol. The standard InChI is InChI=1S/C16H12F5N5/c1-7-2-13(26-15(22-7)24-14(25-26)16(19,20)21)23-10-3-8-5-11(17)12(18)6-9(8)4-10/h2,5-6,10,23H,3-4H2,1H3. The highest BCUT2D eigenvalue weighted by molar-refractivity contribution is 5.48. The first-order valence-corrected chi connectivity index (χ1v) is 7.75. The summed E-state index contributed by atoms with van der Waals surface area (Å²) in [7, 11) is 0. The van der Waals surface area contributed by atoms with Crippen LogP contribution in [0.4, 0.5) is 27.8 Å². The highest BCUT2D eigenvalue weighted by Crippen LogP contribution is 2.29. The molecule has 0 aliphatic heterocycles. The van der Waals surface area contributed by atoms with E-state index in [9.17, 15) is 22.0 Å². The molecular formula is C16H12F5N5. The van der Waals surface area contributed by atoms with Crippen molar-refractivity contribution in [3.63, 3.8) is 0 Å². The van der Waals surface area contributed by atoms with E-state index in [0.29, 0.717) is 29.7 Å². The van der Waals surface area contributed by atoms with Crippen LogP contribution in [0, 0.1) is 18.6 Å². The Hall–Kier alpha value is -2.78. The topological polar surface area (TPSA) is 55.1 Å². The van der Waals surface area contributed by atoms with E-state index in [1.165, 1.54) is 0 Å². The molecule has 1 aromatic carbocycles. The SMILES string of the molecule is Cc1cc(NC2Cc3cc(F)c(F)cc3C2)n2nc(C(F)(F)F)nc2n1. The van der Waals surface area contributed by atoms with Gasteiger partial charge in [-0.2, -0.15) is 22.7 Å². The maximum atomic E-state index is 13.4. The van der Waals surface area contributed by atoms with Crippen LogP contribution in [0.25, 0.3) is 5.78 Å².